The van der Waals surface area contributed by atoms with Gasteiger partial charge in [-0.3, -0.25) is 9.59 Å². The molecule has 4 N–H and O–H groups in total. The first kappa shape index (κ1) is 42.0. The average molecular weight is 787 g/mol. The molecule has 1 unspecified atom stereocenters. The van der Waals surface area contributed by atoms with Crippen molar-refractivity contribution < 1.29 is 28.7 Å². The number of unbranched alkanes of at least 4 members (excludes halogenated alkanes) is 5. The maximum Gasteiger partial charge on any atom is 0.407 e. The van der Waals surface area contributed by atoms with Gasteiger partial charge in [-0.1, -0.05) is 110 Å². The van der Waals surface area contributed by atoms with Crippen LogP contribution in [0.2, 0.25) is 0 Å². The molecule has 0 aromatic heterocycles. The third kappa shape index (κ3) is 11.7. The van der Waals surface area contributed by atoms with E-state index in [-0.39, 0.29) is 29.7 Å². The van der Waals surface area contributed by atoms with Crippen LogP contribution in [-0.4, -0.2) is 62.9 Å². The van der Waals surface area contributed by atoms with E-state index in [1.165, 1.54) is 44.5 Å². The lowest BCUT2D eigenvalue weighted by Gasteiger charge is -2.15. The van der Waals surface area contributed by atoms with Crippen molar-refractivity contribution >= 4 is 24.0 Å². The van der Waals surface area contributed by atoms with Gasteiger partial charge in [0.25, 0.3) is 0 Å². The summed E-state index contributed by atoms with van der Waals surface area (Å²) in [5.41, 5.74) is 9.56. The lowest BCUT2D eigenvalue weighted by molar-refractivity contribution is -0.122. The van der Waals surface area contributed by atoms with E-state index >= 15 is 0 Å². The van der Waals surface area contributed by atoms with Crippen molar-refractivity contribution in [2.45, 2.75) is 95.4 Å². The lowest BCUT2D eigenvalue weighted by atomic mass is 9.98. The SMILES string of the molecule is CC(CCCCNC(=O)CCCCCNC(=O)OCC1c2ccccc2-c2ccccc21)NC(=O)CCCCCNC(=O)OCC1c2ccccc2-c2ccccc21. The molecule has 2 aliphatic rings. The van der Waals surface area contributed by atoms with Crippen LogP contribution >= 0.6 is 0 Å². The highest BCUT2D eigenvalue weighted by atomic mass is 16.6. The smallest absolute Gasteiger partial charge is 0.407 e. The molecule has 0 aliphatic heterocycles. The highest BCUT2D eigenvalue weighted by molar-refractivity contribution is 5.80. The van der Waals surface area contributed by atoms with Crippen molar-refractivity contribution in [3.05, 3.63) is 119 Å². The summed E-state index contributed by atoms with van der Waals surface area (Å²) in [4.78, 5) is 49.5. The number of alkyl carbamates (subject to hydrolysis) is 2. The molecule has 0 saturated heterocycles. The third-order valence-electron chi connectivity index (χ3n) is 11.2. The van der Waals surface area contributed by atoms with E-state index < -0.39 is 12.2 Å². The van der Waals surface area contributed by atoms with Gasteiger partial charge in [0.05, 0.1) is 0 Å². The van der Waals surface area contributed by atoms with E-state index in [1.54, 1.807) is 0 Å². The van der Waals surface area contributed by atoms with Crippen molar-refractivity contribution in [3.8, 4) is 22.3 Å². The first-order chi connectivity index (χ1) is 28.4. The van der Waals surface area contributed by atoms with Gasteiger partial charge >= 0.3 is 12.2 Å². The second-order valence-electron chi connectivity index (χ2n) is 15.4. The summed E-state index contributed by atoms with van der Waals surface area (Å²) in [5.74, 6) is 0.156. The minimum Gasteiger partial charge on any atom is -0.449 e. The summed E-state index contributed by atoms with van der Waals surface area (Å²) in [6.45, 7) is 4.24. The van der Waals surface area contributed by atoms with E-state index in [4.69, 9.17) is 9.47 Å². The van der Waals surface area contributed by atoms with Crippen LogP contribution in [0.4, 0.5) is 9.59 Å². The number of ether oxygens (including phenoxy) is 2. The number of fused-ring (bicyclic) bond motifs is 6. The number of carbonyl (C=O) groups excluding carboxylic acids is 4. The maximum atomic E-state index is 12.4. The summed E-state index contributed by atoms with van der Waals surface area (Å²) >= 11 is 0. The number of carbonyl (C=O) groups is 4. The van der Waals surface area contributed by atoms with Gasteiger partial charge in [0.1, 0.15) is 13.2 Å². The van der Waals surface area contributed by atoms with Crippen LogP contribution in [0.3, 0.4) is 0 Å². The third-order valence-corrected chi connectivity index (χ3v) is 11.2. The molecule has 0 fully saturated rings. The van der Waals surface area contributed by atoms with E-state index in [0.717, 1.165) is 57.8 Å². The van der Waals surface area contributed by atoms with E-state index in [0.29, 0.717) is 45.7 Å². The molecule has 10 nitrogen and oxygen atoms in total. The standard InChI is InChI=1S/C48H58N4O6/c1-34(52-46(54)28-5-3-16-31-51-48(56)58-33-44-41-25-12-8-21-37(41)38-22-9-13-26-42(38)44)18-14-17-29-49-45(53)27-4-2-15-30-50-47(55)57-32-43-39-23-10-6-19-35(39)36-20-7-11-24-40(36)43/h6-13,19-26,34,43-44H,2-5,14-18,27-33H2,1H3,(H,49,53)(H,50,55)(H,51,56)(H,52,54). The van der Waals surface area contributed by atoms with Gasteiger partial charge in [-0.2, -0.15) is 0 Å². The highest BCUT2D eigenvalue weighted by Gasteiger charge is 2.30. The molecule has 0 bridgehead atoms. The second-order valence-corrected chi connectivity index (χ2v) is 15.4. The van der Waals surface area contributed by atoms with Crippen molar-refractivity contribution in [3.63, 3.8) is 0 Å². The van der Waals surface area contributed by atoms with Crippen LogP contribution in [0, 0.1) is 0 Å². The number of rotatable bonds is 22. The van der Waals surface area contributed by atoms with Crippen LogP contribution in [0.5, 0.6) is 0 Å². The van der Waals surface area contributed by atoms with Crippen LogP contribution < -0.4 is 21.3 Å². The lowest BCUT2D eigenvalue weighted by Crippen LogP contribution is -2.32. The van der Waals surface area contributed by atoms with Crippen LogP contribution in [0.15, 0.2) is 97.1 Å². The summed E-state index contributed by atoms with van der Waals surface area (Å²) in [6.07, 6.45) is 7.45. The first-order valence-corrected chi connectivity index (χ1v) is 21.1. The zero-order chi connectivity index (χ0) is 40.5. The van der Waals surface area contributed by atoms with Gasteiger partial charge < -0.3 is 30.7 Å². The van der Waals surface area contributed by atoms with Gasteiger partial charge in [-0.25, -0.2) is 9.59 Å². The molecule has 6 rings (SSSR count). The van der Waals surface area contributed by atoms with E-state index in [2.05, 4.69) is 69.8 Å². The normalized spacial score (nSPS) is 13.1. The molecule has 4 aromatic carbocycles. The van der Waals surface area contributed by atoms with E-state index in [9.17, 15) is 19.2 Å². The van der Waals surface area contributed by atoms with Crippen LogP contribution in [0.1, 0.15) is 112 Å². The zero-order valence-corrected chi connectivity index (χ0v) is 33.7. The summed E-state index contributed by atoms with van der Waals surface area (Å²) in [5, 5.41) is 11.8. The Kier molecular flexibility index (Phi) is 15.8. The molecule has 58 heavy (non-hydrogen) atoms. The fraction of sp³-hybridized carbons (Fsp3) is 0.417. The highest BCUT2D eigenvalue weighted by Crippen LogP contribution is 2.45. The largest absolute Gasteiger partial charge is 0.449 e. The molecule has 4 amide bonds. The first-order valence-electron chi connectivity index (χ1n) is 21.1. The molecule has 4 aromatic rings. The van der Waals surface area contributed by atoms with Crippen molar-refractivity contribution in [1.82, 2.24) is 21.3 Å². The Balaban J connectivity index is 0.710. The Morgan fingerprint density at radius 2 is 0.862 bits per heavy atom. The van der Waals surface area contributed by atoms with Crippen LogP contribution in [0.25, 0.3) is 22.3 Å². The average Bonchev–Trinajstić information content (AvgIpc) is 3.73. The summed E-state index contributed by atoms with van der Waals surface area (Å²) < 4.78 is 11.2. The minimum atomic E-state index is -0.414. The summed E-state index contributed by atoms with van der Waals surface area (Å²) in [7, 11) is 0. The van der Waals surface area contributed by atoms with Crippen LogP contribution in [-0.2, 0) is 19.1 Å². The molecule has 306 valence electrons. The molecule has 1 atom stereocenters. The Labute approximate surface area is 342 Å². The molecule has 10 heteroatoms. The number of benzene rings is 4. The van der Waals surface area contributed by atoms with Crippen molar-refractivity contribution in [1.29, 1.82) is 0 Å². The Hall–Kier alpha value is -5.64. The zero-order valence-electron chi connectivity index (χ0n) is 33.7. The molecular weight excluding hydrogens is 729 g/mol. The molecule has 0 saturated carbocycles. The van der Waals surface area contributed by atoms with Gasteiger partial charge in [0.15, 0.2) is 0 Å². The molecule has 0 radical (unpaired) electrons. The van der Waals surface area contributed by atoms with Gasteiger partial charge in [-0.05, 0) is 96.4 Å². The quantitative estimate of drug-likeness (QED) is 0.0588. The number of nitrogens with one attached hydrogen (secondary N) is 4. The molecule has 0 heterocycles. The Morgan fingerprint density at radius 3 is 1.31 bits per heavy atom. The monoisotopic (exact) mass is 786 g/mol. The molecular formula is C48H58N4O6. The van der Waals surface area contributed by atoms with Gasteiger partial charge in [0.2, 0.25) is 11.8 Å². The maximum absolute atomic E-state index is 12.4. The van der Waals surface area contributed by atoms with Gasteiger partial charge in [-0.15, -0.1) is 0 Å². The number of hydrogen-bond acceptors (Lipinski definition) is 6. The minimum absolute atomic E-state index is 0.0367. The predicted molar refractivity (Wildman–Crippen MR) is 228 cm³/mol. The molecule has 2 aliphatic carbocycles. The Bertz CT molecular complexity index is 1910. The number of amides is 4. The fourth-order valence-corrected chi connectivity index (χ4v) is 8.17. The predicted octanol–water partition coefficient (Wildman–Crippen LogP) is 8.98. The number of hydrogen-bond donors (Lipinski definition) is 4. The fourth-order valence-electron chi connectivity index (χ4n) is 8.17. The van der Waals surface area contributed by atoms with Crippen molar-refractivity contribution in [2.24, 2.45) is 0 Å². The topological polar surface area (TPSA) is 135 Å². The summed E-state index contributed by atoms with van der Waals surface area (Å²) in [6, 6.07) is 33.2. The van der Waals surface area contributed by atoms with Gasteiger partial charge in [0, 0.05) is 50.4 Å². The van der Waals surface area contributed by atoms with Crippen molar-refractivity contribution in [2.75, 3.05) is 32.8 Å². The molecule has 0 spiro atoms. The van der Waals surface area contributed by atoms with E-state index in [1.807, 2.05) is 55.5 Å². The second kappa shape index (κ2) is 21.8. The Morgan fingerprint density at radius 1 is 0.483 bits per heavy atom.